The van der Waals surface area contributed by atoms with E-state index in [1.165, 1.54) is 6.92 Å². The van der Waals surface area contributed by atoms with Gasteiger partial charge in [0.05, 0.1) is 5.56 Å². The summed E-state index contributed by atoms with van der Waals surface area (Å²) in [6, 6.07) is 5.88. The Morgan fingerprint density at radius 3 is 1.45 bits per heavy atom. The highest BCUT2D eigenvalue weighted by molar-refractivity contribution is 6.07. The molecule has 7 N–H and O–H groups in total. The number of hydrogen-bond acceptors (Lipinski definition) is 11. The van der Waals surface area contributed by atoms with Crippen LogP contribution in [0.4, 0.5) is 0 Å². The lowest BCUT2D eigenvalue weighted by molar-refractivity contribution is -0.0102. The first kappa shape index (κ1) is 42.2. The summed E-state index contributed by atoms with van der Waals surface area (Å²) in [6.07, 6.45) is -3.29. The van der Waals surface area contributed by atoms with Crippen LogP contribution in [0.25, 0.3) is 0 Å². The van der Waals surface area contributed by atoms with E-state index in [1.807, 2.05) is 0 Å². The molecule has 1 heterocycles. The van der Waals surface area contributed by atoms with E-state index in [0.717, 1.165) is 36.4 Å². The van der Waals surface area contributed by atoms with Crippen molar-refractivity contribution in [2.45, 2.75) is 102 Å². The Kier molecular flexibility index (Phi) is 13.8. The number of ketones is 1. The molecule has 0 aliphatic carbocycles. The average Bonchev–Trinajstić information content (AvgIpc) is 2.87. The van der Waals surface area contributed by atoms with Crippen molar-refractivity contribution in [3.63, 3.8) is 0 Å². The SMILES string of the molecule is CC(C)(C)C.CC(C)(C)C.CC(C)(C)C.Cc1c(O)cc(C(=O)OC2C(=O)c3c(O)cc(O)cc3OC2c2cc(O)c(O)c(O)c2)cc1O. The van der Waals surface area contributed by atoms with Crippen molar-refractivity contribution in [2.75, 3.05) is 0 Å². The quantitative estimate of drug-likeness (QED) is 0.103. The Morgan fingerprint density at radius 2 is 1.04 bits per heavy atom. The number of hydrogen-bond donors (Lipinski definition) is 7. The molecule has 1 aliphatic rings. The van der Waals surface area contributed by atoms with Crippen LogP contribution in [0.15, 0.2) is 36.4 Å². The van der Waals surface area contributed by atoms with E-state index in [0.29, 0.717) is 16.2 Å². The predicted octanol–water partition coefficient (Wildman–Crippen LogP) is 8.63. The molecule has 4 rings (SSSR count). The number of benzene rings is 3. The van der Waals surface area contributed by atoms with Crippen LogP contribution < -0.4 is 4.74 Å². The first-order valence-corrected chi connectivity index (χ1v) is 15.7. The minimum Gasteiger partial charge on any atom is -0.508 e. The van der Waals surface area contributed by atoms with Crippen molar-refractivity contribution < 1.29 is 54.8 Å². The molecule has 3 aromatic carbocycles. The van der Waals surface area contributed by atoms with Gasteiger partial charge in [-0.2, -0.15) is 0 Å². The number of rotatable bonds is 3. The summed E-state index contributed by atoms with van der Waals surface area (Å²) in [5.74, 6) is -6.58. The van der Waals surface area contributed by atoms with Gasteiger partial charge in [0.2, 0.25) is 11.9 Å². The van der Waals surface area contributed by atoms with Gasteiger partial charge in [0.15, 0.2) is 23.4 Å². The van der Waals surface area contributed by atoms with E-state index >= 15 is 0 Å². The number of esters is 1. The maximum atomic E-state index is 13.3. The minimum absolute atomic E-state index is 0.0953. The normalized spacial score (nSPS) is 15.5. The smallest absolute Gasteiger partial charge is 0.339 e. The van der Waals surface area contributed by atoms with Crippen molar-refractivity contribution in [1.29, 1.82) is 0 Å². The summed E-state index contributed by atoms with van der Waals surface area (Å²) in [4.78, 5) is 26.0. The number of phenolic OH excluding ortho intramolecular Hbond substituents is 7. The molecular weight excluding hydrogens is 632 g/mol. The molecule has 3 aromatic rings. The van der Waals surface area contributed by atoms with Gasteiger partial charge in [-0.05, 0) is 47.4 Å². The van der Waals surface area contributed by atoms with Crippen molar-refractivity contribution in [2.24, 2.45) is 16.2 Å². The molecule has 0 aromatic heterocycles. The van der Waals surface area contributed by atoms with Crippen LogP contribution in [0.3, 0.4) is 0 Å². The minimum atomic E-state index is -1.79. The highest BCUT2D eigenvalue weighted by Crippen LogP contribution is 2.45. The van der Waals surface area contributed by atoms with Gasteiger partial charge in [-0.1, -0.05) is 83.1 Å². The number of Topliss-reactive ketones (excluding diaryl/α,β-unsaturated/α-hetero) is 1. The highest BCUT2D eigenvalue weighted by Gasteiger charge is 2.43. The summed E-state index contributed by atoms with van der Waals surface area (Å²) in [7, 11) is 0. The van der Waals surface area contributed by atoms with E-state index in [-0.39, 0.29) is 22.4 Å². The van der Waals surface area contributed by atoms with Gasteiger partial charge in [-0.3, -0.25) is 4.79 Å². The van der Waals surface area contributed by atoms with Gasteiger partial charge in [-0.15, -0.1) is 0 Å². The second-order valence-corrected chi connectivity index (χ2v) is 16.6. The van der Waals surface area contributed by atoms with Crippen LogP contribution in [0, 0.1) is 23.2 Å². The first-order valence-electron chi connectivity index (χ1n) is 15.7. The van der Waals surface area contributed by atoms with E-state index in [9.17, 15) is 45.3 Å². The van der Waals surface area contributed by atoms with Gasteiger partial charge in [0, 0.05) is 23.3 Å². The van der Waals surface area contributed by atoms with Gasteiger partial charge in [-0.25, -0.2) is 4.79 Å². The van der Waals surface area contributed by atoms with E-state index < -0.39 is 69.8 Å². The Labute approximate surface area is 289 Å². The topological polar surface area (TPSA) is 194 Å². The molecule has 0 saturated heterocycles. The molecule has 0 saturated carbocycles. The summed E-state index contributed by atoms with van der Waals surface area (Å²) < 4.78 is 11.0. The Bertz CT molecular complexity index is 1530. The summed E-state index contributed by atoms with van der Waals surface area (Å²) in [5, 5.41) is 69.2. The molecule has 0 bridgehead atoms. The van der Waals surface area contributed by atoms with Crippen molar-refractivity contribution >= 4 is 11.8 Å². The zero-order chi connectivity index (χ0) is 38.4. The lowest BCUT2D eigenvalue weighted by Gasteiger charge is -2.32. The number of aromatic hydroxyl groups is 7. The highest BCUT2D eigenvalue weighted by atomic mass is 16.6. The fraction of sp³-hybridized carbons (Fsp3) is 0.474. The molecule has 49 heavy (non-hydrogen) atoms. The monoisotopic (exact) mass is 686 g/mol. The maximum absolute atomic E-state index is 13.3. The number of phenols is 7. The molecule has 0 fully saturated rings. The Balaban J connectivity index is 0.000000671. The number of ether oxygens (including phenoxy) is 2. The maximum Gasteiger partial charge on any atom is 0.339 e. The van der Waals surface area contributed by atoms with E-state index in [1.54, 1.807) is 0 Å². The molecule has 11 heteroatoms. The molecular formula is C38H54O11. The van der Waals surface area contributed by atoms with Gasteiger partial charge < -0.3 is 45.2 Å². The van der Waals surface area contributed by atoms with Gasteiger partial charge in [0.25, 0.3) is 0 Å². The zero-order valence-electron chi connectivity index (χ0n) is 30.9. The number of carbonyl (C=O) groups excluding carboxylic acids is 2. The fourth-order valence-corrected chi connectivity index (χ4v) is 3.54. The Hall–Kier alpha value is -4.80. The fourth-order valence-electron chi connectivity index (χ4n) is 3.54. The third-order valence-electron chi connectivity index (χ3n) is 5.34. The van der Waals surface area contributed by atoms with Crippen LogP contribution in [-0.2, 0) is 4.74 Å². The molecule has 0 radical (unpaired) electrons. The number of carbonyl (C=O) groups is 2. The summed E-state index contributed by atoms with van der Waals surface area (Å²) in [6.45, 7) is 27.7. The third-order valence-corrected chi connectivity index (χ3v) is 5.34. The Morgan fingerprint density at radius 1 is 0.633 bits per heavy atom. The first-order chi connectivity index (χ1) is 22.0. The van der Waals surface area contributed by atoms with Crippen LogP contribution in [0.2, 0.25) is 0 Å². The predicted molar refractivity (Wildman–Crippen MR) is 188 cm³/mol. The molecule has 0 amide bonds. The van der Waals surface area contributed by atoms with Crippen molar-refractivity contribution in [3.05, 3.63) is 58.7 Å². The second kappa shape index (κ2) is 16.1. The zero-order valence-corrected chi connectivity index (χ0v) is 30.9. The molecule has 2 atom stereocenters. The van der Waals surface area contributed by atoms with Crippen LogP contribution >= 0.6 is 0 Å². The lowest BCUT2D eigenvalue weighted by Crippen LogP contribution is -2.40. The molecule has 0 spiro atoms. The summed E-state index contributed by atoms with van der Waals surface area (Å²) in [5.41, 5.74) is 0.820. The van der Waals surface area contributed by atoms with Gasteiger partial charge in [0.1, 0.15) is 34.3 Å². The largest absolute Gasteiger partial charge is 0.508 e. The third kappa shape index (κ3) is 14.5. The molecule has 11 nitrogen and oxygen atoms in total. The summed E-state index contributed by atoms with van der Waals surface area (Å²) >= 11 is 0. The molecule has 272 valence electrons. The standard InChI is InChI=1S/C23H18O11.3C5H12/c1-8-12(25)4-10(5-13(8)26)23(32)34-22-20(31)18-14(27)6-11(24)7-17(18)33-21(22)9-2-15(28)19(30)16(29)3-9;3*1-5(2,3)4/h2-7,21-22,24-30H,1H3;3*1-4H3. The van der Waals surface area contributed by atoms with Crippen LogP contribution in [0.5, 0.6) is 46.0 Å². The average molecular weight is 687 g/mol. The molecule has 2 unspecified atom stereocenters. The van der Waals surface area contributed by atoms with E-state index in [2.05, 4.69) is 83.1 Å². The molecule has 1 aliphatic heterocycles. The van der Waals surface area contributed by atoms with Crippen LogP contribution in [0.1, 0.15) is 121 Å². The van der Waals surface area contributed by atoms with E-state index in [4.69, 9.17) is 9.47 Å². The van der Waals surface area contributed by atoms with Crippen LogP contribution in [-0.4, -0.2) is 53.6 Å². The van der Waals surface area contributed by atoms with Crippen molar-refractivity contribution in [1.82, 2.24) is 0 Å². The second-order valence-electron chi connectivity index (χ2n) is 16.6. The number of fused-ring (bicyclic) bond motifs is 1. The lowest BCUT2D eigenvalue weighted by atomic mass is 9.92. The van der Waals surface area contributed by atoms with Gasteiger partial charge >= 0.3 is 5.97 Å². The van der Waals surface area contributed by atoms with Crippen molar-refractivity contribution in [3.8, 4) is 46.0 Å².